The van der Waals surface area contributed by atoms with Crippen LogP contribution in [0, 0.1) is 5.92 Å². The first-order valence-electron chi connectivity index (χ1n) is 9.53. The SMILES string of the molecule is CC(C)N1C(=O)CO[C@H](C(=O)N2CCC(C(F)(F)F)CC2)[C@H]1c1ccccc1. The van der Waals surface area contributed by atoms with Crippen LogP contribution in [-0.4, -0.2) is 59.6 Å². The molecule has 2 atom stereocenters. The first kappa shape index (κ1) is 20.6. The monoisotopic (exact) mass is 398 g/mol. The second-order valence-corrected chi connectivity index (χ2v) is 7.62. The third-order valence-corrected chi connectivity index (χ3v) is 5.47. The molecule has 2 fully saturated rings. The summed E-state index contributed by atoms with van der Waals surface area (Å²) in [6, 6.07) is 8.40. The van der Waals surface area contributed by atoms with Crippen molar-refractivity contribution in [3.05, 3.63) is 35.9 Å². The second-order valence-electron chi connectivity index (χ2n) is 7.62. The molecule has 28 heavy (non-hydrogen) atoms. The number of nitrogens with zero attached hydrogens (tertiary/aromatic N) is 2. The van der Waals surface area contributed by atoms with Gasteiger partial charge in [-0.1, -0.05) is 30.3 Å². The molecule has 3 rings (SSSR count). The number of halogens is 3. The molecule has 8 heteroatoms. The topological polar surface area (TPSA) is 49.9 Å². The first-order valence-corrected chi connectivity index (χ1v) is 9.53. The minimum Gasteiger partial charge on any atom is -0.356 e. The number of likely N-dealkylation sites (tertiary alicyclic amines) is 1. The molecule has 2 aliphatic rings. The number of morpholine rings is 1. The van der Waals surface area contributed by atoms with Gasteiger partial charge in [0.1, 0.15) is 6.61 Å². The largest absolute Gasteiger partial charge is 0.391 e. The Bertz CT molecular complexity index is 700. The quantitative estimate of drug-likeness (QED) is 0.786. The van der Waals surface area contributed by atoms with Crippen LogP contribution in [0.15, 0.2) is 30.3 Å². The van der Waals surface area contributed by atoms with E-state index in [2.05, 4.69) is 0 Å². The van der Waals surface area contributed by atoms with E-state index in [1.54, 1.807) is 4.90 Å². The van der Waals surface area contributed by atoms with Crippen molar-refractivity contribution in [2.75, 3.05) is 19.7 Å². The van der Waals surface area contributed by atoms with Gasteiger partial charge in [0.05, 0.1) is 12.0 Å². The Balaban J connectivity index is 1.82. The number of rotatable bonds is 3. The van der Waals surface area contributed by atoms with E-state index in [1.165, 1.54) is 4.90 Å². The lowest BCUT2D eigenvalue weighted by Gasteiger charge is -2.44. The number of hydrogen-bond acceptors (Lipinski definition) is 3. The van der Waals surface area contributed by atoms with E-state index in [4.69, 9.17) is 4.74 Å². The molecule has 0 aliphatic carbocycles. The Morgan fingerprint density at radius 2 is 1.75 bits per heavy atom. The molecule has 0 spiro atoms. The molecule has 2 saturated heterocycles. The minimum absolute atomic E-state index is 0.0417. The van der Waals surface area contributed by atoms with Crippen LogP contribution in [0.4, 0.5) is 13.2 Å². The van der Waals surface area contributed by atoms with Crippen molar-refractivity contribution in [1.29, 1.82) is 0 Å². The summed E-state index contributed by atoms with van der Waals surface area (Å²) < 4.78 is 44.4. The van der Waals surface area contributed by atoms with Crippen molar-refractivity contribution in [2.24, 2.45) is 5.92 Å². The highest BCUT2D eigenvalue weighted by atomic mass is 19.4. The highest BCUT2D eigenvalue weighted by Gasteiger charge is 2.46. The van der Waals surface area contributed by atoms with E-state index in [-0.39, 0.29) is 50.4 Å². The van der Waals surface area contributed by atoms with Gasteiger partial charge in [0.2, 0.25) is 5.91 Å². The van der Waals surface area contributed by atoms with Crippen LogP contribution in [0.2, 0.25) is 0 Å². The fraction of sp³-hybridized carbons (Fsp3) is 0.600. The molecule has 0 bridgehead atoms. The Labute approximate surface area is 162 Å². The van der Waals surface area contributed by atoms with Gasteiger partial charge in [-0.25, -0.2) is 0 Å². The predicted molar refractivity (Wildman–Crippen MR) is 96.3 cm³/mol. The van der Waals surface area contributed by atoms with Gasteiger partial charge in [-0.2, -0.15) is 13.2 Å². The van der Waals surface area contributed by atoms with Crippen molar-refractivity contribution in [2.45, 2.75) is 51.1 Å². The minimum atomic E-state index is -4.23. The average molecular weight is 398 g/mol. The average Bonchev–Trinajstić information content (AvgIpc) is 2.67. The fourth-order valence-electron chi connectivity index (χ4n) is 4.04. The van der Waals surface area contributed by atoms with Gasteiger partial charge in [-0.15, -0.1) is 0 Å². The number of hydrogen-bond donors (Lipinski definition) is 0. The van der Waals surface area contributed by atoms with Gasteiger partial charge < -0.3 is 14.5 Å². The molecule has 2 aliphatic heterocycles. The highest BCUT2D eigenvalue weighted by molar-refractivity contribution is 5.86. The first-order chi connectivity index (χ1) is 13.2. The summed E-state index contributed by atoms with van der Waals surface area (Å²) >= 11 is 0. The third kappa shape index (κ3) is 4.16. The lowest BCUT2D eigenvalue weighted by Crippen LogP contribution is -2.57. The van der Waals surface area contributed by atoms with Crippen molar-refractivity contribution >= 4 is 11.8 Å². The summed E-state index contributed by atoms with van der Waals surface area (Å²) in [7, 11) is 0. The van der Waals surface area contributed by atoms with E-state index < -0.39 is 24.2 Å². The number of ether oxygens (including phenoxy) is 1. The summed E-state index contributed by atoms with van der Waals surface area (Å²) in [6.07, 6.45) is -5.37. The Kier molecular flexibility index (Phi) is 5.98. The lowest BCUT2D eigenvalue weighted by molar-refractivity contribution is -0.190. The Hall–Kier alpha value is -2.09. The van der Waals surface area contributed by atoms with E-state index in [1.807, 2.05) is 44.2 Å². The molecule has 0 unspecified atom stereocenters. The number of carbonyl (C=O) groups excluding carboxylic acids is 2. The summed E-state index contributed by atoms with van der Waals surface area (Å²) in [4.78, 5) is 28.7. The van der Waals surface area contributed by atoms with Crippen LogP contribution >= 0.6 is 0 Å². The molecule has 2 amide bonds. The molecule has 0 radical (unpaired) electrons. The highest BCUT2D eigenvalue weighted by Crippen LogP contribution is 2.36. The summed E-state index contributed by atoms with van der Waals surface area (Å²) in [6.45, 7) is 3.61. The van der Waals surface area contributed by atoms with E-state index in [0.717, 1.165) is 5.56 Å². The van der Waals surface area contributed by atoms with Gasteiger partial charge in [-0.05, 0) is 32.3 Å². The van der Waals surface area contributed by atoms with Crippen LogP contribution in [0.1, 0.15) is 38.3 Å². The molecule has 1 aromatic carbocycles. The number of alkyl halides is 3. The standard InChI is InChI=1S/C20H25F3N2O3/c1-13(2)25-16(26)12-28-18(17(25)14-6-4-3-5-7-14)19(27)24-10-8-15(9-11-24)20(21,22)23/h3-7,13,15,17-18H,8-12H2,1-2H3/t17-,18+/m1/s1. The van der Waals surface area contributed by atoms with Crippen molar-refractivity contribution < 1.29 is 27.5 Å². The van der Waals surface area contributed by atoms with E-state index in [9.17, 15) is 22.8 Å². The smallest absolute Gasteiger partial charge is 0.356 e. The molecular formula is C20H25F3N2O3. The zero-order chi connectivity index (χ0) is 20.5. The van der Waals surface area contributed by atoms with E-state index >= 15 is 0 Å². The second kappa shape index (κ2) is 8.11. The summed E-state index contributed by atoms with van der Waals surface area (Å²) in [5.41, 5.74) is 0.771. The van der Waals surface area contributed by atoms with Crippen molar-refractivity contribution in [1.82, 2.24) is 9.80 Å². The molecule has 0 aromatic heterocycles. The maximum atomic E-state index is 13.1. The van der Waals surface area contributed by atoms with Gasteiger partial charge in [-0.3, -0.25) is 9.59 Å². The van der Waals surface area contributed by atoms with Crippen LogP contribution < -0.4 is 0 Å². The predicted octanol–water partition coefficient (Wildman–Crippen LogP) is 3.16. The van der Waals surface area contributed by atoms with Crippen molar-refractivity contribution in [3.63, 3.8) is 0 Å². The van der Waals surface area contributed by atoms with Gasteiger partial charge in [0.25, 0.3) is 5.91 Å². The lowest BCUT2D eigenvalue weighted by atomic mass is 9.93. The molecule has 154 valence electrons. The molecule has 0 N–H and O–H groups in total. The van der Waals surface area contributed by atoms with Crippen LogP contribution in [0.5, 0.6) is 0 Å². The Morgan fingerprint density at radius 1 is 1.14 bits per heavy atom. The Morgan fingerprint density at radius 3 is 2.29 bits per heavy atom. The number of benzene rings is 1. The van der Waals surface area contributed by atoms with Crippen LogP contribution in [-0.2, 0) is 14.3 Å². The number of carbonyl (C=O) groups is 2. The molecule has 1 aromatic rings. The maximum Gasteiger partial charge on any atom is 0.391 e. The van der Waals surface area contributed by atoms with Crippen LogP contribution in [0.3, 0.4) is 0 Å². The number of amides is 2. The molecule has 0 saturated carbocycles. The fourth-order valence-corrected chi connectivity index (χ4v) is 4.04. The van der Waals surface area contributed by atoms with Gasteiger partial charge in [0, 0.05) is 19.1 Å². The number of piperidine rings is 1. The van der Waals surface area contributed by atoms with E-state index in [0.29, 0.717) is 0 Å². The van der Waals surface area contributed by atoms with Gasteiger partial charge in [0.15, 0.2) is 6.10 Å². The maximum absolute atomic E-state index is 13.1. The normalized spacial score (nSPS) is 24.7. The zero-order valence-corrected chi connectivity index (χ0v) is 16.0. The molecule has 2 heterocycles. The summed E-state index contributed by atoms with van der Waals surface area (Å²) in [5.74, 6) is -1.93. The van der Waals surface area contributed by atoms with Crippen molar-refractivity contribution in [3.8, 4) is 0 Å². The zero-order valence-electron chi connectivity index (χ0n) is 16.0. The third-order valence-electron chi connectivity index (χ3n) is 5.47. The molecule has 5 nitrogen and oxygen atoms in total. The van der Waals surface area contributed by atoms with Gasteiger partial charge >= 0.3 is 6.18 Å². The summed E-state index contributed by atoms with van der Waals surface area (Å²) in [5, 5.41) is 0. The van der Waals surface area contributed by atoms with Crippen LogP contribution in [0.25, 0.3) is 0 Å². The molecular weight excluding hydrogens is 373 g/mol.